The van der Waals surface area contributed by atoms with Gasteiger partial charge < -0.3 is 24.6 Å². The van der Waals surface area contributed by atoms with E-state index in [1.807, 2.05) is 13.8 Å². The fourth-order valence-corrected chi connectivity index (χ4v) is 1.70. The highest BCUT2D eigenvalue weighted by Gasteiger charge is 2.31. The second-order valence-corrected chi connectivity index (χ2v) is 4.00. The summed E-state index contributed by atoms with van der Waals surface area (Å²) < 4.78 is 15.9. The minimum Gasteiger partial charge on any atom is -0.386 e. The van der Waals surface area contributed by atoms with Crippen LogP contribution in [0.3, 0.4) is 0 Å². The van der Waals surface area contributed by atoms with Crippen LogP contribution >= 0.6 is 0 Å². The molecule has 16 heavy (non-hydrogen) atoms. The lowest BCUT2D eigenvalue weighted by Crippen LogP contribution is -2.44. The highest BCUT2D eigenvalue weighted by molar-refractivity contribution is 4.84. The Morgan fingerprint density at radius 1 is 1.38 bits per heavy atom. The minimum absolute atomic E-state index is 0.235. The predicted molar refractivity (Wildman–Crippen MR) is 60.3 cm³/mol. The zero-order valence-corrected chi connectivity index (χ0v) is 10.2. The zero-order valence-electron chi connectivity index (χ0n) is 10.2. The summed E-state index contributed by atoms with van der Waals surface area (Å²) in [6, 6.07) is 0. The van der Waals surface area contributed by atoms with E-state index in [-0.39, 0.29) is 6.29 Å². The number of nitrogens with one attached hydrogen (secondary N) is 1. The van der Waals surface area contributed by atoms with Crippen LogP contribution in [0.15, 0.2) is 0 Å². The summed E-state index contributed by atoms with van der Waals surface area (Å²) in [5, 5.41) is 13.2. The van der Waals surface area contributed by atoms with Gasteiger partial charge in [0.15, 0.2) is 6.29 Å². The van der Waals surface area contributed by atoms with Crippen molar-refractivity contribution >= 4 is 0 Å². The second kappa shape index (κ2) is 7.19. The summed E-state index contributed by atoms with van der Waals surface area (Å²) in [4.78, 5) is 0. The van der Waals surface area contributed by atoms with Crippen molar-refractivity contribution in [1.29, 1.82) is 0 Å². The van der Waals surface area contributed by atoms with E-state index in [9.17, 15) is 5.11 Å². The van der Waals surface area contributed by atoms with Gasteiger partial charge in [0.2, 0.25) is 0 Å². The molecule has 1 atom stereocenters. The van der Waals surface area contributed by atoms with Gasteiger partial charge in [0.05, 0.1) is 6.61 Å². The average molecular weight is 233 g/mol. The van der Waals surface area contributed by atoms with Crippen LogP contribution in [0.1, 0.15) is 20.3 Å². The van der Waals surface area contributed by atoms with Crippen LogP contribution in [0, 0.1) is 0 Å². The average Bonchev–Trinajstić information content (AvgIpc) is 2.66. The summed E-state index contributed by atoms with van der Waals surface area (Å²) in [6.07, 6.45) is 0.453. The number of aliphatic hydroxyl groups is 1. The molecule has 0 aromatic carbocycles. The lowest BCUT2D eigenvalue weighted by Gasteiger charge is -2.23. The Bertz CT molecular complexity index is 177. The molecule has 5 nitrogen and oxygen atoms in total. The molecule has 0 saturated carbocycles. The first kappa shape index (κ1) is 13.9. The van der Waals surface area contributed by atoms with Gasteiger partial charge in [-0.2, -0.15) is 0 Å². The van der Waals surface area contributed by atoms with Crippen molar-refractivity contribution in [2.24, 2.45) is 0 Å². The van der Waals surface area contributed by atoms with E-state index in [0.29, 0.717) is 45.9 Å². The number of hydrogen-bond acceptors (Lipinski definition) is 5. The van der Waals surface area contributed by atoms with Crippen molar-refractivity contribution in [2.75, 3.05) is 39.5 Å². The molecule has 1 rings (SSSR count). The van der Waals surface area contributed by atoms with Crippen LogP contribution in [-0.2, 0) is 14.2 Å². The Balaban J connectivity index is 2.16. The van der Waals surface area contributed by atoms with E-state index in [1.165, 1.54) is 0 Å². The van der Waals surface area contributed by atoms with Gasteiger partial charge in [0.1, 0.15) is 5.60 Å². The highest BCUT2D eigenvalue weighted by Crippen LogP contribution is 2.16. The fraction of sp³-hybridized carbons (Fsp3) is 1.00. The molecule has 1 saturated heterocycles. The quantitative estimate of drug-likeness (QED) is 0.583. The lowest BCUT2D eigenvalue weighted by molar-refractivity contribution is -0.134. The molecule has 0 aliphatic carbocycles. The Morgan fingerprint density at radius 2 is 2.06 bits per heavy atom. The Labute approximate surface area is 97.1 Å². The molecular formula is C11H23NO4. The maximum absolute atomic E-state index is 9.99. The van der Waals surface area contributed by atoms with Crippen LogP contribution < -0.4 is 5.32 Å². The molecule has 2 N–H and O–H groups in total. The van der Waals surface area contributed by atoms with Gasteiger partial charge in [-0.15, -0.1) is 0 Å². The first-order valence-corrected chi connectivity index (χ1v) is 5.94. The molecule has 5 heteroatoms. The molecule has 1 aliphatic rings. The zero-order chi connectivity index (χ0) is 11.9. The number of rotatable bonds is 8. The molecule has 0 aromatic heterocycles. The molecule has 1 aliphatic heterocycles. The third-order valence-electron chi connectivity index (χ3n) is 2.55. The number of ether oxygens (including phenoxy) is 3. The Kier molecular flexibility index (Phi) is 6.23. The molecule has 96 valence electrons. The van der Waals surface area contributed by atoms with Gasteiger partial charge in [0.25, 0.3) is 0 Å². The molecule has 1 fully saturated rings. The van der Waals surface area contributed by atoms with E-state index in [0.717, 1.165) is 0 Å². The third kappa shape index (κ3) is 4.76. The normalized spacial score (nSPS) is 25.5. The topological polar surface area (TPSA) is 60.0 Å². The van der Waals surface area contributed by atoms with Crippen molar-refractivity contribution in [2.45, 2.75) is 32.2 Å². The molecule has 0 spiro atoms. The van der Waals surface area contributed by atoms with Crippen LogP contribution in [0.5, 0.6) is 0 Å². The van der Waals surface area contributed by atoms with Crippen LogP contribution in [0.2, 0.25) is 0 Å². The summed E-state index contributed by atoms with van der Waals surface area (Å²) >= 11 is 0. The summed E-state index contributed by atoms with van der Waals surface area (Å²) in [6.45, 7) is 7.27. The first-order chi connectivity index (χ1) is 7.70. The van der Waals surface area contributed by atoms with Crippen LogP contribution in [-0.4, -0.2) is 56.5 Å². The lowest BCUT2D eigenvalue weighted by atomic mass is 10.0. The van der Waals surface area contributed by atoms with E-state index in [2.05, 4.69) is 5.32 Å². The van der Waals surface area contributed by atoms with Gasteiger partial charge in [-0.1, -0.05) is 0 Å². The van der Waals surface area contributed by atoms with Crippen molar-refractivity contribution in [3.05, 3.63) is 0 Å². The SMILES string of the molecule is CCOC(CNCC1(O)CCOC1)OCC. The minimum atomic E-state index is -0.719. The molecule has 1 unspecified atom stereocenters. The molecule has 0 amide bonds. The van der Waals surface area contributed by atoms with Gasteiger partial charge in [-0.25, -0.2) is 0 Å². The van der Waals surface area contributed by atoms with Gasteiger partial charge >= 0.3 is 0 Å². The molecule has 0 radical (unpaired) electrons. The van der Waals surface area contributed by atoms with Crippen molar-refractivity contribution in [3.63, 3.8) is 0 Å². The third-order valence-corrected chi connectivity index (χ3v) is 2.55. The highest BCUT2D eigenvalue weighted by atomic mass is 16.7. The van der Waals surface area contributed by atoms with E-state index < -0.39 is 5.60 Å². The smallest absolute Gasteiger partial charge is 0.169 e. The molecule has 1 heterocycles. The summed E-state index contributed by atoms with van der Waals surface area (Å²) in [7, 11) is 0. The van der Waals surface area contributed by atoms with E-state index in [4.69, 9.17) is 14.2 Å². The van der Waals surface area contributed by atoms with Crippen molar-refractivity contribution < 1.29 is 19.3 Å². The van der Waals surface area contributed by atoms with Gasteiger partial charge in [0, 0.05) is 39.3 Å². The van der Waals surface area contributed by atoms with Crippen molar-refractivity contribution in [3.8, 4) is 0 Å². The molecular weight excluding hydrogens is 210 g/mol. The summed E-state index contributed by atoms with van der Waals surface area (Å²) in [5.74, 6) is 0. The van der Waals surface area contributed by atoms with Gasteiger partial charge in [-0.3, -0.25) is 0 Å². The molecule has 0 bridgehead atoms. The monoisotopic (exact) mass is 233 g/mol. The molecule has 0 aromatic rings. The van der Waals surface area contributed by atoms with Crippen LogP contribution in [0.4, 0.5) is 0 Å². The summed E-state index contributed by atoms with van der Waals surface area (Å²) in [5.41, 5.74) is -0.719. The second-order valence-electron chi connectivity index (χ2n) is 4.00. The van der Waals surface area contributed by atoms with Crippen molar-refractivity contribution in [1.82, 2.24) is 5.32 Å². The standard InChI is InChI=1S/C11H23NO4/c1-3-15-10(16-4-2)7-12-8-11(13)5-6-14-9-11/h10,12-13H,3-9H2,1-2H3. The van der Waals surface area contributed by atoms with Crippen LogP contribution in [0.25, 0.3) is 0 Å². The van der Waals surface area contributed by atoms with E-state index >= 15 is 0 Å². The predicted octanol–water partition coefficient (Wildman–Crippen LogP) is 0.127. The van der Waals surface area contributed by atoms with E-state index in [1.54, 1.807) is 0 Å². The Morgan fingerprint density at radius 3 is 2.56 bits per heavy atom. The van der Waals surface area contributed by atoms with Gasteiger partial charge in [-0.05, 0) is 13.8 Å². The largest absolute Gasteiger partial charge is 0.386 e. The first-order valence-electron chi connectivity index (χ1n) is 5.94. The Hall–Kier alpha value is -0.200. The maximum Gasteiger partial charge on any atom is 0.169 e. The number of hydrogen-bond donors (Lipinski definition) is 2. The fourth-order valence-electron chi connectivity index (χ4n) is 1.70. The maximum atomic E-state index is 9.99.